The van der Waals surface area contributed by atoms with E-state index in [9.17, 15) is 34.8 Å². The number of hydrogen-bond acceptors (Lipinski definition) is 9. The fourth-order valence-electron chi connectivity index (χ4n) is 6.87. The van der Waals surface area contributed by atoms with E-state index in [2.05, 4.69) is 5.32 Å². The van der Waals surface area contributed by atoms with E-state index < -0.39 is 58.0 Å². The molecule has 0 heterocycles. The van der Waals surface area contributed by atoms with Gasteiger partial charge in [0.25, 0.3) is 5.91 Å². The van der Waals surface area contributed by atoms with Crippen LogP contribution in [-0.4, -0.2) is 74.6 Å². The maximum atomic E-state index is 13.7. The number of nitrogens with one attached hydrogen (secondary N) is 1. The molecule has 7 N–H and O–H groups in total. The molecular formula is C27H32ClN3O7. The number of hydrogen-bond donors (Lipinski definition) is 6. The van der Waals surface area contributed by atoms with Crippen molar-refractivity contribution in [2.45, 2.75) is 62.8 Å². The van der Waals surface area contributed by atoms with Gasteiger partial charge in [-0.05, 0) is 62.9 Å². The standard InChI is InChI=1S/C27H32ClN3O7/c1-31(2)21-15-8-11-7-14-18(16(32)9-12(20(14)28)10-30-13-5-3-4-6-13)22(33)17(11)24(35)27(15,38)25(36)19(23(21)34)26(29)37/h9,11,13,15,21,30,32,34-35,38H,3-8,10H2,1-2H3,(H2,29,37)/t11-,15-,21-,27-/m0/s1. The highest BCUT2D eigenvalue weighted by molar-refractivity contribution is 6.33. The third-order valence-electron chi connectivity index (χ3n) is 8.67. The summed E-state index contributed by atoms with van der Waals surface area (Å²) in [6.45, 7) is 0.422. The largest absolute Gasteiger partial charge is 0.510 e. The Bertz CT molecular complexity index is 1310. The first-order chi connectivity index (χ1) is 17.9. The molecule has 0 aromatic heterocycles. The zero-order valence-corrected chi connectivity index (χ0v) is 22.0. The van der Waals surface area contributed by atoms with Crippen molar-refractivity contribution in [3.63, 3.8) is 0 Å². The molecule has 0 spiro atoms. The molecule has 0 unspecified atom stereocenters. The number of phenolic OH excluding ortho intramolecular Hbond substituents is 1. The van der Waals surface area contributed by atoms with Gasteiger partial charge in [0.1, 0.15) is 22.8 Å². The van der Waals surface area contributed by atoms with E-state index in [4.69, 9.17) is 17.3 Å². The molecule has 1 amide bonds. The second-order valence-electron chi connectivity index (χ2n) is 11.0. The third-order valence-corrected chi connectivity index (χ3v) is 9.14. The number of amides is 1. The summed E-state index contributed by atoms with van der Waals surface area (Å²) in [7, 11) is 3.18. The Kier molecular flexibility index (Phi) is 6.58. The van der Waals surface area contributed by atoms with E-state index in [1.54, 1.807) is 14.1 Å². The second kappa shape index (κ2) is 9.37. The number of aliphatic hydroxyl groups is 3. The molecule has 204 valence electrons. The molecule has 38 heavy (non-hydrogen) atoms. The van der Waals surface area contributed by atoms with Crippen LogP contribution >= 0.6 is 11.6 Å². The van der Waals surface area contributed by atoms with Gasteiger partial charge in [-0.3, -0.25) is 19.3 Å². The molecule has 0 saturated heterocycles. The van der Waals surface area contributed by atoms with Gasteiger partial charge in [0.2, 0.25) is 5.78 Å². The number of aliphatic hydroxyl groups excluding tert-OH is 2. The van der Waals surface area contributed by atoms with Crippen LogP contribution in [0.3, 0.4) is 0 Å². The highest BCUT2D eigenvalue weighted by Crippen LogP contribution is 2.53. The maximum absolute atomic E-state index is 13.7. The number of primary amides is 1. The average molecular weight is 546 g/mol. The summed E-state index contributed by atoms with van der Waals surface area (Å²) in [6, 6.07) is 0.761. The number of likely N-dealkylation sites (N-methyl/N-ethyl adjacent to an activating group) is 1. The summed E-state index contributed by atoms with van der Waals surface area (Å²) >= 11 is 6.77. The lowest BCUT2D eigenvalue weighted by Crippen LogP contribution is -2.63. The van der Waals surface area contributed by atoms with Crippen molar-refractivity contribution in [1.82, 2.24) is 10.2 Å². The molecule has 5 rings (SSSR count). The summed E-state index contributed by atoms with van der Waals surface area (Å²) < 4.78 is 0. The second-order valence-corrected chi connectivity index (χ2v) is 11.4. The Labute approximate surface area is 224 Å². The van der Waals surface area contributed by atoms with Gasteiger partial charge < -0.3 is 31.5 Å². The monoisotopic (exact) mass is 545 g/mol. The summed E-state index contributed by atoms with van der Waals surface area (Å²) in [5.41, 5.74) is 2.67. The lowest BCUT2D eigenvalue weighted by molar-refractivity contribution is -0.148. The topological polar surface area (TPSA) is 173 Å². The van der Waals surface area contributed by atoms with Crippen LogP contribution in [0, 0.1) is 11.8 Å². The number of benzene rings is 1. The molecule has 4 aliphatic rings. The highest BCUT2D eigenvalue weighted by Gasteiger charge is 2.63. The van der Waals surface area contributed by atoms with E-state index in [0.717, 1.165) is 25.7 Å². The summed E-state index contributed by atoms with van der Waals surface area (Å²) in [6.07, 6.45) is 4.64. The van der Waals surface area contributed by atoms with Crippen LogP contribution in [0.1, 0.15) is 53.6 Å². The highest BCUT2D eigenvalue weighted by atomic mass is 35.5. The first-order valence-electron chi connectivity index (χ1n) is 12.8. The smallest absolute Gasteiger partial charge is 0.255 e. The molecule has 0 aliphatic heterocycles. The molecule has 1 fully saturated rings. The summed E-state index contributed by atoms with van der Waals surface area (Å²) in [4.78, 5) is 40.6. The van der Waals surface area contributed by atoms with Crippen molar-refractivity contribution in [3.05, 3.63) is 50.4 Å². The first-order valence-corrected chi connectivity index (χ1v) is 13.2. The number of carbonyl (C=O) groups excluding carboxylic acids is 3. The lowest BCUT2D eigenvalue weighted by atomic mass is 9.58. The summed E-state index contributed by atoms with van der Waals surface area (Å²) in [5.74, 6) is -6.79. The number of carbonyl (C=O) groups is 3. The van der Waals surface area contributed by atoms with Gasteiger partial charge in [0, 0.05) is 29.1 Å². The molecule has 4 atom stereocenters. The van der Waals surface area contributed by atoms with E-state index >= 15 is 0 Å². The van der Waals surface area contributed by atoms with E-state index in [0.29, 0.717) is 28.7 Å². The molecule has 11 heteroatoms. The van der Waals surface area contributed by atoms with Crippen molar-refractivity contribution in [1.29, 1.82) is 0 Å². The molecule has 1 aromatic rings. The number of fused-ring (bicyclic) bond motifs is 3. The number of halogens is 1. The maximum Gasteiger partial charge on any atom is 0.255 e. The quantitative estimate of drug-likeness (QED) is 0.301. The van der Waals surface area contributed by atoms with Crippen molar-refractivity contribution in [3.8, 4) is 5.75 Å². The Morgan fingerprint density at radius 1 is 1.21 bits per heavy atom. The van der Waals surface area contributed by atoms with Gasteiger partial charge in [-0.25, -0.2) is 0 Å². The van der Waals surface area contributed by atoms with Crippen LogP contribution < -0.4 is 11.1 Å². The minimum absolute atomic E-state index is 0.0212. The average Bonchev–Trinajstić information content (AvgIpc) is 3.36. The Hall–Kier alpha value is -2.92. The van der Waals surface area contributed by atoms with E-state index in [1.807, 2.05) is 0 Å². The van der Waals surface area contributed by atoms with Crippen molar-refractivity contribution in [2.24, 2.45) is 17.6 Å². The molecular weight excluding hydrogens is 514 g/mol. The van der Waals surface area contributed by atoms with Crippen molar-refractivity contribution in [2.75, 3.05) is 14.1 Å². The van der Waals surface area contributed by atoms with E-state index in [-0.39, 0.29) is 29.7 Å². The van der Waals surface area contributed by atoms with Gasteiger partial charge in [-0.2, -0.15) is 0 Å². The number of nitrogens with two attached hydrogens (primary N) is 1. The van der Waals surface area contributed by atoms with Crippen molar-refractivity contribution >= 4 is 29.1 Å². The number of nitrogens with zero attached hydrogens (tertiary/aromatic N) is 1. The molecule has 1 aromatic carbocycles. The number of allylic oxidation sites excluding steroid dienone is 1. The van der Waals surface area contributed by atoms with Gasteiger partial charge in [0.05, 0.1) is 11.6 Å². The number of Topliss-reactive ketones (excluding diaryl/α,β-unsaturated/α-hetero) is 2. The first kappa shape index (κ1) is 26.7. The van der Waals surface area contributed by atoms with Crippen LogP contribution in [-0.2, 0) is 22.6 Å². The van der Waals surface area contributed by atoms with E-state index in [1.165, 1.54) is 11.0 Å². The number of ketones is 2. The van der Waals surface area contributed by atoms with Crippen LogP contribution in [0.5, 0.6) is 5.75 Å². The number of rotatable bonds is 5. The molecule has 10 nitrogen and oxygen atoms in total. The molecule has 0 radical (unpaired) electrons. The predicted molar refractivity (Wildman–Crippen MR) is 138 cm³/mol. The molecule has 4 aliphatic carbocycles. The SMILES string of the molecule is CN(C)[C@@H]1C(O)=C(C(N)=O)C(=O)[C@@]2(O)C(O)=C3C(=O)c4c(O)cc(CNC5CCCC5)c(Cl)c4C[C@H]3C[C@@H]12. The lowest BCUT2D eigenvalue weighted by Gasteiger charge is -2.50. The Morgan fingerprint density at radius 2 is 1.87 bits per heavy atom. The minimum atomic E-state index is -2.66. The van der Waals surface area contributed by atoms with Crippen LogP contribution in [0.25, 0.3) is 0 Å². The van der Waals surface area contributed by atoms with Crippen molar-refractivity contribution < 1.29 is 34.8 Å². The third kappa shape index (κ3) is 3.77. The summed E-state index contributed by atoms with van der Waals surface area (Å²) in [5, 5.41) is 48.5. The normalized spacial score (nSPS) is 29.6. The fraction of sp³-hybridized carbons (Fsp3) is 0.519. The number of aromatic hydroxyl groups is 1. The van der Waals surface area contributed by atoms with Gasteiger partial charge in [0.15, 0.2) is 11.4 Å². The minimum Gasteiger partial charge on any atom is -0.510 e. The van der Waals surface area contributed by atoms with Gasteiger partial charge >= 0.3 is 0 Å². The van der Waals surface area contributed by atoms with Crippen LogP contribution in [0.2, 0.25) is 5.02 Å². The number of phenols is 1. The zero-order chi connectivity index (χ0) is 27.7. The molecule has 0 bridgehead atoms. The zero-order valence-electron chi connectivity index (χ0n) is 21.3. The Balaban J connectivity index is 1.60. The van der Waals surface area contributed by atoms with Gasteiger partial charge in [-0.15, -0.1) is 0 Å². The Morgan fingerprint density at radius 3 is 2.47 bits per heavy atom. The molecule has 1 saturated carbocycles. The van der Waals surface area contributed by atoms with Gasteiger partial charge in [-0.1, -0.05) is 24.4 Å². The predicted octanol–water partition coefficient (Wildman–Crippen LogP) is 1.81. The van der Waals surface area contributed by atoms with Crippen LogP contribution in [0.15, 0.2) is 28.7 Å². The van der Waals surface area contributed by atoms with Crippen LogP contribution in [0.4, 0.5) is 0 Å². The fourth-order valence-corrected chi connectivity index (χ4v) is 7.16.